The average molecular weight is 202 g/mol. The van der Waals surface area contributed by atoms with Crippen LogP contribution in [-0.4, -0.2) is 19.9 Å². The van der Waals surface area contributed by atoms with Crippen molar-refractivity contribution in [3.05, 3.63) is 30.0 Å². The van der Waals surface area contributed by atoms with E-state index in [1.165, 1.54) is 0 Å². The van der Waals surface area contributed by atoms with Crippen LogP contribution in [0.1, 0.15) is 0 Å². The molecule has 0 bridgehead atoms. The van der Waals surface area contributed by atoms with Crippen LogP contribution in [-0.2, 0) is 0 Å². The van der Waals surface area contributed by atoms with Gasteiger partial charge in [-0.25, -0.2) is 9.97 Å². The van der Waals surface area contributed by atoms with E-state index in [1.54, 1.807) is 29.2 Å². The number of nitrogens with one attached hydrogen (secondary N) is 1. The third-order valence-electron chi connectivity index (χ3n) is 1.92. The summed E-state index contributed by atoms with van der Waals surface area (Å²) in [6.07, 6.45) is 3.53. The summed E-state index contributed by atoms with van der Waals surface area (Å²) in [6, 6.07) is 3.84. The monoisotopic (exact) mass is 202 g/mol. The van der Waals surface area contributed by atoms with Gasteiger partial charge in [-0.1, -0.05) is 0 Å². The predicted octanol–water partition coefficient (Wildman–Crippen LogP) is 2.08. The fourth-order valence-corrected chi connectivity index (χ4v) is 1.86. The van der Waals surface area contributed by atoms with Gasteiger partial charge in [-0.3, -0.25) is 4.98 Å². The zero-order chi connectivity index (χ0) is 9.38. The van der Waals surface area contributed by atoms with Crippen molar-refractivity contribution in [3.8, 4) is 10.7 Å². The normalized spacial score (nSPS) is 10.9. The van der Waals surface area contributed by atoms with Crippen molar-refractivity contribution in [2.45, 2.75) is 0 Å². The lowest BCUT2D eigenvalue weighted by molar-refractivity contribution is 1.30. The van der Waals surface area contributed by atoms with Crippen molar-refractivity contribution in [2.24, 2.45) is 0 Å². The molecule has 0 aliphatic carbocycles. The molecule has 0 radical (unpaired) electrons. The quantitative estimate of drug-likeness (QED) is 0.657. The van der Waals surface area contributed by atoms with Gasteiger partial charge in [-0.15, -0.1) is 11.3 Å². The number of hydrogen-bond acceptors (Lipinski definition) is 4. The molecule has 0 saturated carbocycles. The summed E-state index contributed by atoms with van der Waals surface area (Å²) in [5, 5.41) is 0. The third kappa shape index (κ3) is 1.10. The zero-order valence-electron chi connectivity index (χ0n) is 7.14. The average Bonchev–Trinajstić information content (AvgIpc) is 2.86. The van der Waals surface area contributed by atoms with Crippen molar-refractivity contribution in [1.82, 2.24) is 19.9 Å². The largest absolute Gasteiger partial charge is 0.336 e. The van der Waals surface area contributed by atoms with E-state index in [4.69, 9.17) is 0 Å². The minimum atomic E-state index is 0.746. The molecule has 0 fully saturated rings. The van der Waals surface area contributed by atoms with E-state index < -0.39 is 0 Å². The van der Waals surface area contributed by atoms with Crippen LogP contribution in [0.15, 0.2) is 30.0 Å². The topological polar surface area (TPSA) is 54.5 Å². The molecule has 1 N–H and O–H groups in total. The van der Waals surface area contributed by atoms with Crippen LogP contribution >= 0.6 is 11.3 Å². The molecule has 0 atom stereocenters. The molecule has 0 amide bonds. The maximum Gasteiger partial charge on any atom is 0.178 e. The molecule has 3 heterocycles. The van der Waals surface area contributed by atoms with Crippen LogP contribution in [0, 0.1) is 0 Å². The second-order valence-corrected chi connectivity index (χ2v) is 3.71. The number of pyridine rings is 1. The Morgan fingerprint density at radius 3 is 3.14 bits per heavy atom. The molecule has 0 unspecified atom stereocenters. The van der Waals surface area contributed by atoms with Crippen LogP contribution in [0.4, 0.5) is 0 Å². The molecule has 5 heteroatoms. The van der Waals surface area contributed by atoms with Crippen LogP contribution in [0.25, 0.3) is 21.9 Å². The SMILES string of the molecule is c1cnc2nc(-c3cncs3)[nH]c2c1. The Kier molecular flexibility index (Phi) is 1.57. The van der Waals surface area contributed by atoms with Crippen molar-refractivity contribution in [1.29, 1.82) is 0 Å². The number of aromatic amines is 1. The van der Waals surface area contributed by atoms with E-state index in [-0.39, 0.29) is 0 Å². The van der Waals surface area contributed by atoms with Gasteiger partial charge in [0.15, 0.2) is 11.5 Å². The Morgan fingerprint density at radius 2 is 2.36 bits per heavy atom. The second-order valence-electron chi connectivity index (χ2n) is 2.83. The fraction of sp³-hybridized carbons (Fsp3) is 0. The summed E-state index contributed by atoms with van der Waals surface area (Å²) in [4.78, 5) is 16.7. The van der Waals surface area contributed by atoms with E-state index in [0.29, 0.717) is 0 Å². The molecule has 0 aliphatic rings. The molecule has 0 aliphatic heterocycles. The molecule has 68 valence electrons. The van der Waals surface area contributed by atoms with E-state index >= 15 is 0 Å². The van der Waals surface area contributed by atoms with Crippen LogP contribution in [0.3, 0.4) is 0 Å². The van der Waals surface area contributed by atoms with Gasteiger partial charge in [0.25, 0.3) is 0 Å². The van der Waals surface area contributed by atoms with Gasteiger partial charge in [0, 0.05) is 12.4 Å². The molecule has 3 aromatic rings. The Morgan fingerprint density at radius 1 is 1.36 bits per heavy atom. The van der Waals surface area contributed by atoms with E-state index in [1.807, 2.05) is 12.1 Å². The zero-order valence-corrected chi connectivity index (χ0v) is 7.95. The first-order valence-electron chi connectivity index (χ1n) is 4.13. The minimum Gasteiger partial charge on any atom is -0.336 e. The van der Waals surface area contributed by atoms with Crippen molar-refractivity contribution in [2.75, 3.05) is 0 Å². The number of nitrogens with zero attached hydrogens (tertiary/aromatic N) is 3. The molecule has 3 aromatic heterocycles. The van der Waals surface area contributed by atoms with E-state index in [0.717, 1.165) is 21.9 Å². The number of thiazole rings is 1. The van der Waals surface area contributed by atoms with Gasteiger partial charge in [0.1, 0.15) is 0 Å². The lowest BCUT2D eigenvalue weighted by Gasteiger charge is -1.84. The molecular formula is C9H6N4S. The summed E-state index contributed by atoms with van der Waals surface area (Å²) in [5.74, 6) is 0.834. The second kappa shape index (κ2) is 2.88. The first-order chi connectivity index (χ1) is 6.93. The number of H-pyrrole nitrogens is 1. The lowest BCUT2D eigenvalue weighted by Crippen LogP contribution is -1.73. The highest BCUT2D eigenvalue weighted by molar-refractivity contribution is 7.13. The maximum atomic E-state index is 4.36. The molecule has 14 heavy (non-hydrogen) atoms. The smallest absolute Gasteiger partial charge is 0.178 e. The van der Waals surface area contributed by atoms with Gasteiger partial charge in [0.2, 0.25) is 0 Å². The molecular weight excluding hydrogens is 196 g/mol. The third-order valence-corrected chi connectivity index (χ3v) is 2.70. The first-order valence-corrected chi connectivity index (χ1v) is 5.01. The highest BCUT2D eigenvalue weighted by atomic mass is 32.1. The summed E-state index contributed by atoms with van der Waals surface area (Å²) in [7, 11) is 0. The van der Waals surface area contributed by atoms with Crippen molar-refractivity contribution < 1.29 is 0 Å². The number of fused-ring (bicyclic) bond motifs is 1. The summed E-state index contributed by atoms with van der Waals surface area (Å²) in [5.41, 5.74) is 3.49. The molecule has 3 rings (SSSR count). The first kappa shape index (κ1) is 7.64. The number of imidazole rings is 1. The van der Waals surface area contributed by atoms with Gasteiger partial charge >= 0.3 is 0 Å². The number of aromatic nitrogens is 4. The Labute approximate surface area is 83.7 Å². The molecule has 0 aromatic carbocycles. The summed E-state index contributed by atoms with van der Waals surface area (Å²) in [6.45, 7) is 0. The Balaban J connectivity index is 2.24. The van der Waals surface area contributed by atoms with E-state index in [2.05, 4.69) is 19.9 Å². The van der Waals surface area contributed by atoms with Gasteiger partial charge in [0.05, 0.1) is 15.9 Å². The van der Waals surface area contributed by atoms with E-state index in [9.17, 15) is 0 Å². The fourth-order valence-electron chi connectivity index (χ4n) is 1.29. The Bertz CT molecular complexity index is 522. The maximum absolute atomic E-state index is 4.36. The lowest BCUT2D eigenvalue weighted by atomic mass is 10.4. The highest BCUT2D eigenvalue weighted by Crippen LogP contribution is 2.21. The van der Waals surface area contributed by atoms with Crippen LogP contribution in [0.5, 0.6) is 0 Å². The number of hydrogen-bond donors (Lipinski definition) is 1. The van der Waals surface area contributed by atoms with Gasteiger partial charge in [-0.2, -0.15) is 0 Å². The van der Waals surface area contributed by atoms with Gasteiger partial charge in [-0.05, 0) is 12.1 Å². The van der Waals surface area contributed by atoms with Crippen molar-refractivity contribution >= 4 is 22.5 Å². The van der Waals surface area contributed by atoms with Crippen LogP contribution < -0.4 is 0 Å². The highest BCUT2D eigenvalue weighted by Gasteiger charge is 2.05. The summed E-state index contributed by atoms with van der Waals surface area (Å²) >= 11 is 1.56. The van der Waals surface area contributed by atoms with Crippen molar-refractivity contribution in [3.63, 3.8) is 0 Å². The Hall–Kier alpha value is -1.75. The molecule has 0 spiro atoms. The summed E-state index contributed by atoms with van der Waals surface area (Å²) < 4.78 is 0. The standard InChI is InChI=1S/C9H6N4S/c1-2-6-8(11-3-1)13-9(12-6)7-4-10-5-14-7/h1-5H,(H,11,12,13). The molecule has 0 saturated heterocycles. The predicted molar refractivity (Wildman–Crippen MR) is 55.0 cm³/mol. The molecule has 4 nitrogen and oxygen atoms in total. The number of rotatable bonds is 1. The van der Waals surface area contributed by atoms with Gasteiger partial charge < -0.3 is 4.98 Å². The van der Waals surface area contributed by atoms with Crippen LogP contribution in [0.2, 0.25) is 0 Å². The minimum absolute atomic E-state index is 0.746.